The number of hydrogen-bond donors (Lipinski definition) is 1. The van der Waals surface area contributed by atoms with Crippen molar-refractivity contribution in [3.05, 3.63) is 82.9 Å². The maximum absolute atomic E-state index is 12.8. The minimum absolute atomic E-state index is 0.0349. The van der Waals surface area contributed by atoms with Crippen LogP contribution in [-0.4, -0.2) is 31.0 Å². The average Bonchev–Trinajstić information content (AvgIpc) is 3.13. The summed E-state index contributed by atoms with van der Waals surface area (Å²) in [5.41, 5.74) is 8.49. The Hall–Kier alpha value is -3.11. The van der Waals surface area contributed by atoms with Gasteiger partial charge in [-0.05, 0) is 46.4 Å². The summed E-state index contributed by atoms with van der Waals surface area (Å²) >= 11 is 0. The zero-order chi connectivity index (χ0) is 19.8. The summed E-state index contributed by atoms with van der Waals surface area (Å²) in [5, 5.41) is 3.17. The van der Waals surface area contributed by atoms with Crippen LogP contribution < -0.4 is 10.1 Å². The molecule has 4 nitrogen and oxygen atoms in total. The first-order valence-electron chi connectivity index (χ1n) is 10.1. The van der Waals surface area contributed by atoms with E-state index >= 15 is 0 Å². The van der Waals surface area contributed by atoms with E-state index in [4.69, 9.17) is 4.74 Å². The van der Waals surface area contributed by atoms with E-state index < -0.39 is 0 Å². The van der Waals surface area contributed by atoms with Crippen molar-refractivity contribution >= 4 is 11.6 Å². The minimum atomic E-state index is 0.0349. The Labute approximate surface area is 171 Å². The van der Waals surface area contributed by atoms with E-state index in [0.29, 0.717) is 6.54 Å². The van der Waals surface area contributed by atoms with Crippen LogP contribution in [0.2, 0.25) is 0 Å². The van der Waals surface area contributed by atoms with Gasteiger partial charge in [0, 0.05) is 30.8 Å². The number of nitrogens with one attached hydrogen (secondary N) is 1. The van der Waals surface area contributed by atoms with Gasteiger partial charge in [0.1, 0.15) is 5.75 Å². The van der Waals surface area contributed by atoms with Gasteiger partial charge < -0.3 is 10.1 Å². The molecule has 0 fully saturated rings. The third-order valence-electron chi connectivity index (χ3n) is 6.02. The summed E-state index contributed by atoms with van der Waals surface area (Å²) in [6.45, 7) is 2.01. The number of methoxy groups -OCH3 is 1. The molecule has 1 heterocycles. The Bertz CT molecular complexity index is 1080. The number of hydrogen-bond acceptors (Lipinski definition) is 3. The molecule has 0 unspecified atom stereocenters. The number of anilines is 1. The van der Waals surface area contributed by atoms with Crippen molar-refractivity contribution in [1.82, 2.24) is 4.90 Å². The third kappa shape index (κ3) is 3.30. The molecular weight excluding hydrogens is 360 g/mol. The largest absolute Gasteiger partial charge is 0.496 e. The zero-order valence-electron chi connectivity index (χ0n) is 16.6. The molecule has 4 heteroatoms. The SMILES string of the molecule is COc1cccc2c1CN(CC(=O)Nc1cccc3c1Cc1ccccc1-3)CC2. The second-order valence-corrected chi connectivity index (χ2v) is 7.77. The number of carbonyl (C=O) groups excluding carboxylic acids is 1. The van der Waals surface area contributed by atoms with Crippen molar-refractivity contribution in [1.29, 1.82) is 0 Å². The lowest BCUT2D eigenvalue weighted by Gasteiger charge is -2.29. The number of nitrogens with zero attached hydrogens (tertiary/aromatic N) is 1. The van der Waals surface area contributed by atoms with Crippen LogP contribution in [0.3, 0.4) is 0 Å². The first-order valence-corrected chi connectivity index (χ1v) is 10.1. The molecule has 3 aromatic rings. The van der Waals surface area contributed by atoms with Gasteiger partial charge in [-0.1, -0.05) is 48.5 Å². The molecule has 3 aromatic carbocycles. The van der Waals surface area contributed by atoms with Crippen LogP contribution >= 0.6 is 0 Å². The first-order chi connectivity index (χ1) is 14.2. The van der Waals surface area contributed by atoms with Crippen LogP contribution in [0, 0.1) is 0 Å². The van der Waals surface area contributed by atoms with Crippen molar-refractivity contribution in [3.63, 3.8) is 0 Å². The molecule has 1 N–H and O–H groups in total. The standard InChI is InChI=1S/C25H24N2O2/c1-29-24-11-4-7-17-12-13-27(15-22(17)24)16-25(28)26-23-10-5-9-20-19-8-3-2-6-18(19)14-21(20)23/h2-11H,12-16H2,1H3,(H,26,28). The molecule has 0 aromatic heterocycles. The highest BCUT2D eigenvalue weighted by molar-refractivity contribution is 5.95. The fourth-order valence-corrected chi connectivity index (χ4v) is 4.60. The maximum atomic E-state index is 12.8. The molecule has 0 bridgehead atoms. The third-order valence-corrected chi connectivity index (χ3v) is 6.02. The quantitative estimate of drug-likeness (QED) is 0.572. The Balaban J connectivity index is 1.30. The van der Waals surface area contributed by atoms with Crippen LogP contribution in [0.15, 0.2) is 60.7 Å². The highest BCUT2D eigenvalue weighted by atomic mass is 16.5. The van der Waals surface area contributed by atoms with Gasteiger partial charge in [0.05, 0.1) is 13.7 Å². The molecule has 2 aliphatic rings. The van der Waals surface area contributed by atoms with Crippen molar-refractivity contribution in [2.75, 3.05) is 25.5 Å². The summed E-state index contributed by atoms with van der Waals surface area (Å²) in [6.07, 6.45) is 1.81. The van der Waals surface area contributed by atoms with Gasteiger partial charge in [-0.2, -0.15) is 0 Å². The highest BCUT2D eigenvalue weighted by Crippen LogP contribution is 2.40. The topological polar surface area (TPSA) is 41.6 Å². The van der Waals surface area contributed by atoms with Gasteiger partial charge in [-0.3, -0.25) is 9.69 Å². The maximum Gasteiger partial charge on any atom is 0.238 e. The number of fused-ring (bicyclic) bond motifs is 4. The van der Waals surface area contributed by atoms with E-state index in [1.54, 1.807) is 7.11 Å². The summed E-state index contributed by atoms with van der Waals surface area (Å²) in [5.74, 6) is 0.943. The van der Waals surface area contributed by atoms with Crippen LogP contribution in [0.1, 0.15) is 22.3 Å². The molecule has 1 amide bonds. The predicted octanol–water partition coefficient (Wildman–Crippen LogP) is 4.26. The molecule has 0 saturated carbocycles. The van der Waals surface area contributed by atoms with Crippen molar-refractivity contribution in [3.8, 4) is 16.9 Å². The van der Waals surface area contributed by atoms with Gasteiger partial charge >= 0.3 is 0 Å². The average molecular weight is 384 g/mol. The summed E-state index contributed by atoms with van der Waals surface area (Å²) < 4.78 is 5.52. The summed E-state index contributed by atoms with van der Waals surface area (Å²) in [4.78, 5) is 15.0. The molecular formula is C25H24N2O2. The lowest BCUT2D eigenvalue weighted by Crippen LogP contribution is -2.37. The molecule has 5 rings (SSSR count). The first kappa shape index (κ1) is 18.0. The van der Waals surface area contributed by atoms with Crippen LogP contribution in [-0.2, 0) is 24.2 Å². The molecule has 0 atom stereocenters. The second kappa shape index (κ2) is 7.37. The molecule has 1 aliphatic heterocycles. The van der Waals surface area contributed by atoms with Gasteiger partial charge in [-0.15, -0.1) is 0 Å². The molecule has 29 heavy (non-hydrogen) atoms. The number of amides is 1. The lowest BCUT2D eigenvalue weighted by molar-refractivity contribution is -0.117. The van der Waals surface area contributed by atoms with E-state index in [-0.39, 0.29) is 5.91 Å². The van der Waals surface area contributed by atoms with E-state index in [9.17, 15) is 4.79 Å². The van der Waals surface area contributed by atoms with Gasteiger partial charge in [-0.25, -0.2) is 0 Å². The van der Waals surface area contributed by atoms with Gasteiger partial charge in [0.15, 0.2) is 0 Å². The van der Waals surface area contributed by atoms with Crippen LogP contribution in [0.25, 0.3) is 11.1 Å². The highest BCUT2D eigenvalue weighted by Gasteiger charge is 2.23. The number of ether oxygens (including phenoxy) is 1. The molecule has 0 saturated heterocycles. The second-order valence-electron chi connectivity index (χ2n) is 7.77. The van der Waals surface area contributed by atoms with E-state index in [2.05, 4.69) is 46.6 Å². The monoisotopic (exact) mass is 384 g/mol. The fraction of sp³-hybridized carbons (Fsp3) is 0.240. The summed E-state index contributed by atoms with van der Waals surface area (Å²) in [7, 11) is 1.70. The molecule has 0 spiro atoms. The number of benzene rings is 3. The molecule has 146 valence electrons. The Morgan fingerprint density at radius 3 is 2.66 bits per heavy atom. The van der Waals surface area contributed by atoms with Crippen LogP contribution in [0.5, 0.6) is 5.75 Å². The van der Waals surface area contributed by atoms with E-state index in [0.717, 1.165) is 37.4 Å². The van der Waals surface area contributed by atoms with Gasteiger partial charge in [0.25, 0.3) is 0 Å². The lowest BCUT2D eigenvalue weighted by atomic mass is 9.99. The normalized spacial score (nSPS) is 14.7. The number of carbonyl (C=O) groups is 1. The van der Waals surface area contributed by atoms with Crippen molar-refractivity contribution < 1.29 is 9.53 Å². The van der Waals surface area contributed by atoms with Crippen molar-refractivity contribution in [2.45, 2.75) is 19.4 Å². The minimum Gasteiger partial charge on any atom is -0.496 e. The molecule has 1 aliphatic carbocycles. The van der Waals surface area contributed by atoms with Crippen LogP contribution in [0.4, 0.5) is 5.69 Å². The van der Waals surface area contributed by atoms with E-state index in [1.807, 2.05) is 24.3 Å². The van der Waals surface area contributed by atoms with Crippen molar-refractivity contribution in [2.24, 2.45) is 0 Å². The summed E-state index contributed by atoms with van der Waals surface area (Å²) in [6, 6.07) is 20.8. The Kier molecular flexibility index (Phi) is 4.57. The Morgan fingerprint density at radius 2 is 1.76 bits per heavy atom. The fourth-order valence-electron chi connectivity index (χ4n) is 4.60. The smallest absolute Gasteiger partial charge is 0.238 e. The predicted molar refractivity (Wildman–Crippen MR) is 115 cm³/mol. The number of rotatable bonds is 4. The zero-order valence-corrected chi connectivity index (χ0v) is 16.6. The molecule has 0 radical (unpaired) electrons. The Morgan fingerprint density at radius 1 is 0.966 bits per heavy atom. The van der Waals surface area contributed by atoms with E-state index in [1.165, 1.54) is 33.4 Å². The van der Waals surface area contributed by atoms with Gasteiger partial charge in [0.2, 0.25) is 5.91 Å².